The molecule has 0 aromatic carbocycles. The van der Waals surface area contributed by atoms with Gasteiger partial charge in [0.1, 0.15) is 17.5 Å². The molecule has 10 heteroatoms. The van der Waals surface area contributed by atoms with Gasteiger partial charge >= 0.3 is 0 Å². The van der Waals surface area contributed by atoms with E-state index in [0.717, 1.165) is 62.1 Å². The number of amides is 1. The Kier molecular flexibility index (Phi) is 7.80. The predicted molar refractivity (Wildman–Crippen MR) is 145 cm³/mol. The topological polar surface area (TPSA) is 114 Å². The van der Waals surface area contributed by atoms with E-state index in [1.807, 2.05) is 30.3 Å². The van der Waals surface area contributed by atoms with E-state index in [4.69, 9.17) is 19.4 Å². The van der Waals surface area contributed by atoms with Crippen LogP contribution in [0.25, 0.3) is 11.4 Å². The summed E-state index contributed by atoms with van der Waals surface area (Å²) in [5, 5.41) is 6.20. The summed E-state index contributed by atoms with van der Waals surface area (Å²) in [6.45, 7) is 1.76. The van der Waals surface area contributed by atoms with Crippen LogP contribution in [0.4, 0.5) is 17.5 Å². The molecule has 2 N–H and O–H groups in total. The smallest absolute Gasteiger partial charge is 0.222 e. The Balaban J connectivity index is 1.43. The molecule has 10 nitrogen and oxygen atoms in total. The maximum Gasteiger partial charge on any atom is 0.222 e. The number of rotatable bonds is 8. The average Bonchev–Trinajstić information content (AvgIpc) is 3.36. The van der Waals surface area contributed by atoms with Gasteiger partial charge in [0.25, 0.3) is 0 Å². The molecule has 1 saturated carbocycles. The number of hydrogen-bond acceptors (Lipinski definition) is 9. The van der Waals surface area contributed by atoms with E-state index in [1.165, 1.54) is 0 Å². The van der Waals surface area contributed by atoms with Gasteiger partial charge in [-0.25, -0.2) is 15.0 Å². The Morgan fingerprint density at radius 1 is 1.13 bits per heavy atom. The largest absolute Gasteiger partial charge is 0.359 e. The zero-order valence-corrected chi connectivity index (χ0v) is 22.2. The molecule has 3 aromatic heterocycles. The zero-order valence-electron chi connectivity index (χ0n) is 22.2. The molecule has 1 aliphatic carbocycles. The number of ether oxygens (including phenoxy) is 2. The van der Waals surface area contributed by atoms with E-state index in [1.54, 1.807) is 39.9 Å². The number of methoxy groups -OCH3 is 2. The molecule has 2 atom stereocenters. The van der Waals surface area contributed by atoms with Crippen molar-refractivity contribution in [1.29, 1.82) is 0 Å². The Labute approximate surface area is 223 Å². The lowest BCUT2D eigenvalue weighted by atomic mass is 9.69. The highest BCUT2D eigenvalue weighted by Crippen LogP contribution is 2.47. The quantitative estimate of drug-likeness (QED) is 0.426. The summed E-state index contributed by atoms with van der Waals surface area (Å²) in [5.41, 5.74) is 1.82. The lowest BCUT2D eigenvalue weighted by molar-refractivity contribution is -0.126. The number of nitrogens with zero attached hydrogens (tertiary/aromatic N) is 5. The van der Waals surface area contributed by atoms with Crippen molar-refractivity contribution in [3.8, 4) is 11.4 Å². The number of anilines is 3. The fraction of sp³-hybridized carbons (Fsp3) is 0.464. The fourth-order valence-electron chi connectivity index (χ4n) is 5.83. The molecule has 4 heterocycles. The number of pyridine rings is 2. The van der Waals surface area contributed by atoms with Crippen LogP contribution in [0.5, 0.6) is 0 Å². The van der Waals surface area contributed by atoms with Crippen LogP contribution < -0.4 is 15.5 Å². The van der Waals surface area contributed by atoms with Crippen LogP contribution in [0, 0.1) is 11.3 Å². The molecule has 1 aliphatic heterocycles. The summed E-state index contributed by atoms with van der Waals surface area (Å²) < 4.78 is 10.8. The highest BCUT2D eigenvalue weighted by Gasteiger charge is 2.43. The molecular formula is C28H35N7O3. The van der Waals surface area contributed by atoms with Crippen LogP contribution in [0.2, 0.25) is 0 Å². The van der Waals surface area contributed by atoms with Gasteiger partial charge in [0.05, 0.1) is 0 Å². The molecule has 38 heavy (non-hydrogen) atoms. The minimum absolute atomic E-state index is 0.0867. The molecule has 200 valence electrons. The number of carbonyl (C=O) groups is 1. The van der Waals surface area contributed by atoms with Gasteiger partial charge in [0.15, 0.2) is 12.1 Å². The van der Waals surface area contributed by atoms with E-state index in [2.05, 4.69) is 25.5 Å². The van der Waals surface area contributed by atoms with Crippen LogP contribution in [-0.4, -0.2) is 60.2 Å². The van der Waals surface area contributed by atoms with Crippen LogP contribution in [-0.2, 0) is 14.3 Å². The monoisotopic (exact) mass is 517 g/mol. The van der Waals surface area contributed by atoms with Crippen LogP contribution in [0.15, 0.2) is 48.9 Å². The summed E-state index contributed by atoms with van der Waals surface area (Å²) in [6, 6.07) is 9.54. The Hall–Kier alpha value is -3.63. The third kappa shape index (κ3) is 5.61. The predicted octanol–water partition coefficient (Wildman–Crippen LogP) is 4.10. The van der Waals surface area contributed by atoms with Crippen LogP contribution in [0.3, 0.4) is 0 Å². The summed E-state index contributed by atoms with van der Waals surface area (Å²) in [6.07, 6.45) is 9.88. The highest BCUT2D eigenvalue weighted by atomic mass is 16.7. The summed E-state index contributed by atoms with van der Waals surface area (Å²) in [5.74, 6) is 2.95. The molecule has 0 bridgehead atoms. The third-order valence-electron chi connectivity index (χ3n) is 7.69. The van der Waals surface area contributed by atoms with Gasteiger partial charge in [-0.1, -0.05) is 6.42 Å². The molecule has 0 radical (unpaired) electrons. The molecule has 2 fully saturated rings. The van der Waals surface area contributed by atoms with Crippen molar-refractivity contribution in [2.75, 3.05) is 44.6 Å². The lowest BCUT2D eigenvalue weighted by Gasteiger charge is -2.37. The first-order valence-corrected chi connectivity index (χ1v) is 13.1. The maximum atomic E-state index is 12.4. The molecule has 1 amide bonds. The standard InChI is InChI=1S/C28H35N7O3/c1-29-26(36)20-6-4-9-28(16-20)10-13-35(18-28)24-15-23(33-25(34-24)21-7-5-11-30-17-21)32-22-14-19(8-12-31-22)27(37-2)38-3/h5,7-8,11-12,14-15,17,20,27H,4,6,9-10,13,16,18H2,1-3H3,(H,29,36)(H,31,32,33,34). The SMILES string of the molecule is CNC(=O)C1CCCC2(CCN(c3cc(Nc4cc(C(OC)OC)ccn4)nc(-c4cccnc4)n3)C2)C1. The van der Waals surface area contributed by atoms with Crippen molar-refractivity contribution in [2.45, 2.75) is 38.4 Å². The Morgan fingerprint density at radius 3 is 2.76 bits per heavy atom. The lowest BCUT2D eigenvalue weighted by Crippen LogP contribution is -2.38. The van der Waals surface area contributed by atoms with Gasteiger partial charge in [-0.05, 0) is 55.4 Å². The molecule has 2 unspecified atom stereocenters. The van der Waals surface area contributed by atoms with Gasteiger partial charge in [0, 0.05) is 76.1 Å². The van der Waals surface area contributed by atoms with Crippen LogP contribution in [0.1, 0.15) is 44.0 Å². The number of hydrogen-bond donors (Lipinski definition) is 2. The van der Waals surface area contributed by atoms with Gasteiger partial charge in [0.2, 0.25) is 5.91 Å². The van der Waals surface area contributed by atoms with E-state index < -0.39 is 6.29 Å². The Bertz CT molecular complexity index is 1250. The number of aromatic nitrogens is 4. The van der Waals surface area contributed by atoms with Gasteiger partial charge in [-0.15, -0.1) is 0 Å². The van der Waals surface area contributed by atoms with Crippen LogP contribution >= 0.6 is 0 Å². The Morgan fingerprint density at radius 2 is 2.00 bits per heavy atom. The fourth-order valence-corrected chi connectivity index (χ4v) is 5.83. The van der Waals surface area contributed by atoms with E-state index in [0.29, 0.717) is 17.5 Å². The van der Waals surface area contributed by atoms with Gasteiger partial charge in [-0.3, -0.25) is 9.78 Å². The average molecular weight is 518 g/mol. The maximum absolute atomic E-state index is 12.4. The van der Waals surface area contributed by atoms with E-state index in [9.17, 15) is 4.79 Å². The van der Waals surface area contributed by atoms with Gasteiger partial charge < -0.3 is 25.0 Å². The van der Waals surface area contributed by atoms with Crippen molar-refractivity contribution < 1.29 is 14.3 Å². The minimum atomic E-state index is -0.486. The number of carbonyl (C=O) groups excluding carboxylic acids is 1. The molecular weight excluding hydrogens is 482 g/mol. The molecule has 2 aliphatic rings. The zero-order chi connectivity index (χ0) is 26.5. The second-order valence-electron chi connectivity index (χ2n) is 10.2. The van der Waals surface area contributed by atoms with Gasteiger partial charge in [-0.2, -0.15) is 0 Å². The van der Waals surface area contributed by atoms with Crippen molar-refractivity contribution in [2.24, 2.45) is 11.3 Å². The van der Waals surface area contributed by atoms with Crippen molar-refractivity contribution in [3.05, 3.63) is 54.5 Å². The minimum Gasteiger partial charge on any atom is -0.359 e. The first-order valence-electron chi connectivity index (χ1n) is 13.1. The molecule has 3 aromatic rings. The normalized spacial score (nSPS) is 21.2. The van der Waals surface area contributed by atoms with E-state index >= 15 is 0 Å². The first kappa shape index (κ1) is 26.0. The second-order valence-corrected chi connectivity index (χ2v) is 10.2. The molecule has 5 rings (SSSR count). The summed E-state index contributed by atoms with van der Waals surface area (Å²) in [4.78, 5) is 33.2. The first-order chi connectivity index (χ1) is 18.5. The van der Waals surface area contributed by atoms with Crippen molar-refractivity contribution in [3.63, 3.8) is 0 Å². The van der Waals surface area contributed by atoms with Crippen molar-refractivity contribution in [1.82, 2.24) is 25.3 Å². The highest BCUT2D eigenvalue weighted by molar-refractivity contribution is 5.78. The van der Waals surface area contributed by atoms with E-state index in [-0.39, 0.29) is 17.2 Å². The third-order valence-corrected chi connectivity index (χ3v) is 7.69. The molecule has 1 saturated heterocycles. The summed E-state index contributed by atoms with van der Waals surface area (Å²) in [7, 11) is 4.93. The second kappa shape index (κ2) is 11.4. The molecule has 1 spiro atoms. The number of nitrogens with one attached hydrogen (secondary N) is 2. The summed E-state index contributed by atoms with van der Waals surface area (Å²) >= 11 is 0. The van der Waals surface area contributed by atoms with Crippen molar-refractivity contribution >= 4 is 23.4 Å².